The Morgan fingerprint density at radius 1 is 1.48 bits per heavy atom. The zero-order chi connectivity index (χ0) is 15.5. The molecule has 21 heavy (non-hydrogen) atoms. The van der Waals surface area contributed by atoms with Crippen molar-refractivity contribution in [2.45, 2.75) is 32.4 Å². The van der Waals surface area contributed by atoms with Gasteiger partial charge in [-0.2, -0.15) is 0 Å². The fraction of sp³-hybridized carbons (Fsp3) is 0.467. The van der Waals surface area contributed by atoms with Gasteiger partial charge in [0.05, 0.1) is 12.1 Å². The Morgan fingerprint density at radius 3 is 2.86 bits per heavy atom. The molecule has 1 aromatic rings. The molecule has 1 fully saturated rings. The van der Waals surface area contributed by atoms with Crippen molar-refractivity contribution in [1.29, 1.82) is 0 Å². The zero-order valence-corrected chi connectivity index (χ0v) is 13.3. The Morgan fingerprint density at radius 2 is 2.24 bits per heavy atom. The van der Waals surface area contributed by atoms with Crippen LogP contribution in [-0.2, 0) is 9.59 Å². The van der Waals surface area contributed by atoms with Gasteiger partial charge >= 0.3 is 0 Å². The van der Waals surface area contributed by atoms with E-state index in [0.29, 0.717) is 17.4 Å². The average molecular weight is 308 g/mol. The molecule has 114 valence electrons. The molecule has 0 aliphatic carbocycles. The highest BCUT2D eigenvalue weighted by Gasteiger charge is 2.34. The van der Waals surface area contributed by atoms with Crippen molar-refractivity contribution in [2.24, 2.45) is 0 Å². The van der Waals surface area contributed by atoms with Crippen molar-refractivity contribution < 1.29 is 14.0 Å². The maximum absolute atomic E-state index is 12.2. The number of hydrogen-bond acceptors (Lipinski definition) is 4. The minimum Gasteiger partial charge on any atom is -0.465 e. The summed E-state index contributed by atoms with van der Waals surface area (Å²) in [6.45, 7) is 5.78. The Balaban J connectivity index is 2.01. The molecule has 5 nitrogen and oxygen atoms in total. The van der Waals surface area contributed by atoms with Gasteiger partial charge in [-0.3, -0.25) is 9.59 Å². The molecular formula is C15H20N2O3S. The molecule has 0 unspecified atom stereocenters. The summed E-state index contributed by atoms with van der Waals surface area (Å²) in [5.74, 6) is 1.50. The summed E-state index contributed by atoms with van der Waals surface area (Å²) >= 11 is 1.58. The lowest BCUT2D eigenvalue weighted by Gasteiger charge is -2.27. The van der Waals surface area contributed by atoms with Crippen molar-refractivity contribution in [1.82, 2.24) is 10.2 Å². The molecule has 0 saturated carbocycles. The molecule has 1 aliphatic heterocycles. The van der Waals surface area contributed by atoms with Crippen LogP contribution in [0.1, 0.15) is 26.5 Å². The summed E-state index contributed by atoms with van der Waals surface area (Å²) < 4.78 is 5.14. The van der Waals surface area contributed by atoms with Crippen LogP contribution in [0, 0.1) is 0 Å². The maximum Gasteiger partial charge on any atom is 0.248 e. The van der Waals surface area contributed by atoms with Crippen LogP contribution in [0.3, 0.4) is 0 Å². The fourth-order valence-corrected chi connectivity index (χ4v) is 3.13. The van der Waals surface area contributed by atoms with Crippen LogP contribution in [0.5, 0.6) is 0 Å². The normalized spacial score (nSPS) is 19.2. The van der Waals surface area contributed by atoms with Crippen molar-refractivity contribution in [3.8, 4) is 0 Å². The molecule has 2 rings (SSSR count). The first-order chi connectivity index (χ1) is 9.87. The highest BCUT2D eigenvalue weighted by molar-refractivity contribution is 7.99. The van der Waals surface area contributed by atoms with E-state index in [1.165, 1.54) is 6.08 Å². The predicted octanol–water partition coefficient (Wildman–Crippen LogP) is 2.11. The molecule has 1 saturated heterocycles. The van der Waals surface area contributed by atoms with Gasteiger partial charge in [0, 0.05) is 17.4 Å². The van der Waals surface area contributed by atoms with Crippen molar-refractivity contribution in [3.05, 3.63) is 30.2 Å². The number of carbonyl (C=O) groups excluding carboxylic acids is 2. The summed E-state index contributed by atoms with van der Waals surface area (Å²) in [6.07, 6.45) is 4.61. The summed E-state index contributed by atoms with van der Waals surface area (Å²) in [5, 5.41) is 2.93. The highest BCUT2D eigenvalue weighted by Crippen LogP contribution is 2.22. The van der Waals surface area contributed by atoms with E-state index in [9.17, 15) is 9.59 Å². The van der Waals surface area contributed by atoms with Crippen molar-refractivity contribution >= 4 is 29.7 Å². The topological polar surface area (TPSA) is 62.6 Å². The third-order valence-corrected chi connectivity index (χ3v) is 3.91. The van der Waals surface area contributed by atoms with E-state index >= 15 is 0 Å². The molecule has 6 heteroatoms. The quantitative estimate of drug-likeness (QED) is 0.869. The van der Waals surface area contributed by atoms with Crippen LogP contribution < -0.4 is 5.32 Å². The second kappa shape index (κ2) is 6.39. The van der Waals surface area contributed by atoms with Gasteiger partial charge in [0.1, 0.15) is 11.8 Å². The van der Waals surface area contributed by atoms with Gasteiger partial charge in [-0.05, 0) is 39.0 Å². The van der Waals surface area contributed by atoms with Crippen molar-refractivity contribution in [3.63, 3.8) is 0 Å². The first kappa shape index (κ1) is 15.7. The lowest BCUT2D eigenvalue weighted by atomic mass is 10.1. The van der Waals surface area contributed by atoms with E-state index in [1.807, 2.05) is 20.8 Å². The summed E-state index contributed by atoms with van der Waals surface area (Å²) in [4.78, 5) is 26.1. The fourth-order valence-electron chi connectivity index (χ4n) is 1.97. The summed E-state index contributed by atoms with van der Waals surface area (Å²) in [5.41, 5.74) is -0.303. The molecule has 1 N–H and O–H groups in total. The number of nitrogens with one attached hydrogen (secondary N) is 1. The van der Waals surface area contributed by atoms with Gasteiger partial charge in [-0.25, -0.2) is 0 Å². The Labute approximate surface area is 128 Å². The van der Waals surface area contributed by atoms with Crippen LogP contribution in [0.25, 0.3) is 6.08 Å². The highest BCUT2D eigenvalue weighted by atomic mass is 32.2. The number of carbonyl (C=O) groups is 2. The summed E-state index contributed by atoms with van der Waals surface area (Å²) in [7, 11) is 0. The zero-order valence-electron chi connectivity index (χ0n) is 12.5. The number of furan rings is 1. The first-order valence-corrected chi connectivity index (χ1v) is 7.94. The third-order valence-electron chi connectivity index (χ3n) is 2.90. The van der Waals surface area contributed by atoms with Gasteiger partial charge in [-0.15, -0.1) is 11.8 Å². The minimum atomic E-state index is -0.414. The van der Waals surface area contributed by atoms with Gasteiger partial charge in [0.25, 0.3) is 0 Å². The van der Waals surface area contributed by atoms with Gasteiger partial charge in [0.15, 0.2) is 0 Å². The number of thioether (sulfide) groups is 1. The third kappa shape index (κ3) is 4.39. The summed E-state index contributed by atoms with van der Waals surface area (Å²) in [6, 6.07) is 3.12. The van der Waals surface area contributed by atoms with Gasteiger partial charge < -0.3 is 14.6 Å². The number of rotatable bonds is 3. The van der Waals surface area contributed by atoms with Crippen LogP contribution >= 0.6 is 11.8 Å². The molecule has 1 aliphatic rings. The Hall–Kier alpha value is -1.69. The molecule has 0 aromatic carbocycles. The second-order valence-corrected chi connectivity index (χ2v) is 6.91. The first-order valence-electron chi connectivity index (χ1n) is 6.79. The number of hydrogen-bond donors (Lipinski definition) is 1. The molecule has 2 heterocycles. The Bertz CT molecular complexity index is 532. The van der Waals surface area contributed by atoms with E-state index < -0.39 is 6.04 Å². The largest absolute Gasteiger partial charge is 0.465 e. The number of nitrogens with zero attached hydrogens (tertiary/aromatic N) is 1. The van der Waals surface area contributed by atoms with Crippen LogP contribution in [-0.4, -0.2) is 39.9 Å². The average Bonchev–Trinajstić information content (AvgIpc) is 3.05. The van der Waals surface area contributed by atoms with Gasteiger partial charge in [0.2, 0.25) is 11.8 Å². The number of amides is 2. The van der Waals surface area contributed by atoms with Crippen LogP contribution in [0.15, 0.2) is 28.9 Å². The predicted molar refractivity (Wildman–Crippen MR) is 83.6 cm³/mol. The van der Waals surface area contributed by atoms with E-state index in [4.69, 9.17) is 4.42 Å². The monoisotopic (exact) mass is 308 g/mol. The molecule has 1 aromatic heterocycles. The van der Waals surface area contributed by atoms with Crippen molar-refractivity contribution in [2.75, 3.05) is 11.6 Å². The van der Waals surface area contributed by atoms with Gasteiger partial charge in [-0.1, -0.05) is 0 Å². The SMILES string of the molecule is CC(C)(C)NC(=O)[C@H]1CSCN1C(=O)/C=C/c1ccco1. The lowest BCUT2D eigenvalue weighted by Crippen LogP contribution is -2.52. The maximum atomic E-state index is 12.2. The lowest BCUT2D eigenvalue weighted by molar-refractivity contribution is -0.135. The molecule has 1 atom stereocenters. The van der Waals surface area contributed by atoms with E-state index in [2.05, 4.69) is 5.32 Å². The van der Waals surface area contributed by atoms with Crippen LogP contribution in [0.2, 0.25) is 0 Å². The molecule has 0 radical (unpaired) electrons. The minimum absolute atomic E-state index is 0.104. The molecule has 0 bridgehead atoms. The second-order valence-electron chi connectivity index (χ2n) is 5.91. The standard InChI is InChI=1S/C15H20N2O3S/c1-15(2,3)16-14(19)12-9-21-10-17(12)13(18)7-6-11-5-4-8-20-11/h4-8,12H,9-10H2,1-3H3,(H,16,19)/b7-6+/t12-/m1/s1. The van der Waals surface area contributed by atoms with E-state index in [-0.39, 0.29) is 17.4 Å². The van der Waals surface area contributed by atoms with Crippen LogP contribution in [0.4, 0.5) is 0 Å². The molecule has 2 amide bonds. The van der Waals surface area contributed by atoms with E-state index in [1.54, 1.807) is 41.1 Å². The molecule has 0 spiro atoms. The smallest absolute Gasteiger partial charge is 0.248 e. The van der Waals surface area contributed by atoms with E-state index in [0.717, 1.165) is 0 Å². The Kier molecular flexibility index (Phi) is 4.77. The molecular weight excluding hydrogens is 288 g/mol.